The van der Waals surface area contributed by atoms with Gasteiger partial charge in [0.25, 0.3) is 5.91 Å². The Kier molecular flexibility index (Phi) is 12.1. The van der Waals surface area contributed by atoms with E-state index in [2.05, 4.69) is 10.6 Å². The second-order valence-electron chi connectivity index (χ2n) is 12.7. The van der Waals surface area contributed by atoms with Crippen LogP contribution >= 0.6 is 0 Å². The molecular weight excluding hydrogens is 678 g/mol. The van der Waals surface area contributed by atoms with Crippen LogP contribution in [0.5, 0.6) is 11.5 Å². The van der Waals surface area contributed by atoms with Crippen molar-refractivity contribution in [3.05, 3.63) is 143 Å². The molecule has 0 saturated carbocycles. The lowest BCUT2D eigenvalue weighted by molar-refractivity contribution is -0.109. The van der Waals surface area contributed by atoms with Gasteiger partial charge in [0.05, 0.1) is 34.0 Å². The third-order valence-electron chi connectivity index (χ3n) is 9.43. The van der Waals surface area contributed by atoms with Crippen LogP contribution < -0.4 is 20.1 Å². The Labute approximate surface area is 309 Å². The van der Waals surface area contributed by atoms with Gasteiger partial charge in [-0.05, 0) is 65.6 Å². The molecule has 2 unspecified atom stereocenters. The number of carbonyl (C=O) groups excluding carboxylic acids is 2. The minimum absolute atomic E-state index is 0.0495. The molecular formula is C41H45N3O9. The van der Waals surface area contributed by atoms with Crippen LogP contribution in [-0.4, -0.2) is 93.8 Å². The average molecular weight is 724 g/mol. The summed E-state index contributed by atoms with van der Waals surface area (Å²) in [5, 5.41) is 17.4. The van der Waals surface area contributed by atoms with Gasteiger partial charge in [0, 0.05) is 18.9 Å². The van der Waals surface area contributed by atoms with Gasteiger partial charge in [-0.1, -0.05) is 72.8 Å². The van der Waals surface area contributed by atoms with E-state index in [1.165, 1.54) is 4.90 Å². The molecule has 0 radical (unpaired) electrons. The Balaban J connectivity index is 1.31. The summed E-state index contributed by atoms with van der Waals surface area (Å²) in [5.41, 5.74) is 2.41. The number of benzene rings is 4. The topological polar surface area (TPSA) is 137 Å². The zero-order valence-electron chi connectivity index (χ0n) is 30.1. The monoisotopic (exact) mass is 723 g/mol. The van der Waals surface area contributed by atoms with Crippen LogP contribution in [0.25, 0.3) is 0 Å². The molecule has 0 aromatic heterocycles. The van der Waals surface area contributed by atoms with Gasteiger partial charge in [-0.2, -0.15) is 0 Å². The van der Waals surface area contributed by atoms with Crippen LogP contribution in [0.15, 0.2) is 121 Å². The van der Waals surface area contributed by atoms with Crippen molar-refractivity contribution in [2.24, 2.45) is 0 Å². The van der Waals surface area contributed by atoms with Crippen LogP contribution in [0, 0.1) is 0 Å². The van der Waals surface area contributed by atoms with Crippen LogP contribution in [0.3, 0.4) is 0 Å². The molecule has 2 aliphatic rings. The number of aliphatic hydroxyl groups excluding tert-OH is 1. The first-order chi connectivity index (χ1) is 25.8. The highest BCUT2D eigenvalue weighted by molar-refractivity contribution is 5.95. The van der Waals surface area contributed by atoms with Crippen LogP contribution in [0.2, 0.25) is 0 Å². The number of aliphatic hydroxyl groups is 1. The molecule has 4 aromatic rings. The average Bonchev–Trinajstić information content (AvgIpc) is 3.51. The van der Waals surface area contributed by atoms with Gasteiger partial charge in [-0.3, -0.25) is 9.69 Å². The lowest BCUT2D eigenvalue weighted by Crippen LogP contribution is -2.58. The van der Waals surface area contributed by atoms with Gasteiger partial charge in [0.1, 0.15) is 41.6 Å². The predicted octanol–water partition coefficient (Wildman–Crippen LogP) is 4.81. The van der Waals surface area contributed by atoms with Gasteiger partial charge in [-0.15, -0.1) is 0 Å². The quantitative estimate of drug-likeness (QED) is 0.117. The Morgan fingerprint density at radius 3 is 1.96 bits per heavy atom. The third kappa shape index (κ3) is 8.07. The molecule has 5 atom stereocenters. The largest absolute Gasteiger partial charge is 0.497 e. The van der Waals surface area contributed by atoms with Crippen LogP contribution in [0.4, 0.5) is 4.79 Å². The molecule has 4 aromatic carbocycles. The molecule has 1 fully saturated rings. The molecule has 3 N–H and O–H groups in total. The van der Waals surface area contributed by atoms with E-state index in [0.717, 1.165) is 16.7 Å². The van der Waals surface area contributed by atoms with Gasteiger partial charge in [0.15, 0.2) is 6.23 Å². The van der Waals surface area contributed by atoms with E-state index in [4.69, 9.17) is 28.4 Å². The summed E-state index contributed by atoms with van der Waals surface area (Å²) in [6, 6.07) is 33.3. The van der Waals surface area contributed by atoms with Crippen molar-refractivity contribution in [2.75, 3.05) is 41.2 Å². The first kappa shape index (κ1) is 37.5. The zero-order chi connectivity index (χ0) is 37.4. The highest BCUT2D eigenvalue weighted by Crippen LogP contribution is 2.43. The fraction of sp³-hybridized carbons (Fsp3) is 0.317. The van der Waals surface area contributed by atoms with Crippen LogP contribution in [0.1, 0.15) is 34.0 Å². The summed E-state index contributed by atoms with van der Waals surface area (Å²) in [6.45, 7) is 2.17. The van der Waals surface area contributed by atoms with E-state index in [0.29, 0.717) is 22.6 Å². The Morgan fingerprint density at radius 1 is 0.830 bits per heavy atom. The predicted molar refractivity (Wildman–Crippen MR) is 196 cm³/mol. The summed E-state index contributed by atoms with van der Waals surface area (Å²) in [7, 11) is 4.79. The first-order valence-electron chi connectivity index (χ1n) is 17.3. The molecule has 2 heterocycles. The Morgan fingerprint density at radius 2 is 1.40 bits per heavy atom. The number of nitrogens with zero attached hydrogens (tertiary/aromatic N) is 1. The molecule has 278 valence electrons. The van der Waals surface area contributed by atoms with E-state index < -0.39 is 42.3 Å². The fourth-order valence-corrected chi connectivity index (χ4v) is 6.65. The zero-order valence-corrected chi connectivity index (χ0v) is 30.1. The van der Waals surface area contributed by atoms with Gasteiger partial charge < -0.3 is 44.2 Å². The second-order valence-corrected chi connectivity index (χ2v) is 12.7. The van der Waals surface area contributed by atoms with Crippen molar-refractivity contribution in [3.8, 4) is 11.5 Å². The molecule has 12 nitrogen and oxygen atoms in total. The smallest absolute Gasteiger partial charge is 0.325 e. The van der Waals surface area contributed by atoms with Crippen molar-refractivity contribution >= 4 is 11.9 Å². The normalized spacial score (nSPS) is 21.5. The summed E-state index contributed by atoms with van der Waals surface area (Å²) >= 11 is 0. The van der Waals surface area contributed by atoms with Crippen molar-refractivity contribution < 1.29 is 43.1 Å². The van der Waals surface area contributed by atoms with E-state index in [9.17, 15) is 14.7 Å². The Bertz CT molecular complexity index is 1790. The van der Waals surface area contributed by atoms with E-state index in [1.807, 2.05) is 84.9 Å². The molecule has 12 heteroatoms. The molecule has 0 spiro atoms. The number of amides is 3. The maximum atomic E-state index is 13.6. The molecule has 3 amide bonds. The van der Waals surface area contributed by atoms with Gasteiger partial charge in [-0.25, -0.2) is 4.79 Å². The number of methoxy groups -OCH3 is 3. The van der Waals surface area contributed by atoms with E-state index >= 15 is 0 Å². The second kappa shape index (κ2) is 17.1. The number of carbonyl (C=O) groups is 2. The maximum absolute atomic E-state index is 13.6. The fourth-order valence-electron chi connectivity index (χ4n) is 6.65. The molecule has 0 aliphatic carbocycles. The molecule has 2 aliphatic heterocycles. The lowest BCUT2D eigenvalue weighted by Gasteiger charge is -2.37. The summed E-state index contributed by atoms with van der Waals surface area (Å²) < 4.78 is 35.9. The van der Waals surface area contributed by atoms with Crippen molar-refractivity contribution in [1.29, 1.82) is 0 Å². The molecule has 53 heavy (non-hydrogen) atoms. The minimum atomic E-state index is -1.26. The van der Waals surface area contributed by atoms with Crippen molar-refractivity contribution in [2.45, 2.75) is 43.2 Å². The number of urea groups is 1. The first-order valence-corrected chi connectivity index (χ1v) is 17.3. The standard InChI is InChI=1S/C41H45N3O9/c1-27-25-44(40(47)43-37(27)42-38(46)28-11-7-5-8-12-28)39-35(45)36(51-24-23-48-2)34(53-39)26-52-41(29-13-9-6-10-14-29,30-15-19-32(49-3)20-16-30)31-17-21-33(50-4)22-18-31/h5-22,25,34-37,39,45H,23-24,26H2,1-4H3,(H,42,46)(H,43,47)/t34-,35+,36?,37?,39-/m1/s1. The van der Waals surface area contributed by atoms with Gasteiger partial charge in [0.2, 0.25) is 0 Å². The van der Waals surface area contributed by atoms with E-state index in [1.54, 1.807) is 58.7 Å². The molecule has 0 bridgehead atoms. The van der Waals surface area contributed by atoms with Gasteiger partial charge >= 0.3 is 6.03 Å². The number of nitrogens with one attached hydrogen (secondary N) is 2. The number of hydrogen-bond acceptors (Lipinski definition) is 9. The minimum Gasteiger partial charge on any atom is -0.497 e. The third-order valence-corrected chi connectivity index (χ3v) is 9.43. The summed E-state index contributed by atoms with van der Waals surface area (Å²) in [5.74, 6) is 1.04. The number of ether oxygens (including phenoxy) is 6. The number of hydrogen-bond donors (Lipinski definition) is 3. The summed E-state index contributed by atoms with van der Waals surface area (Å²) in [4.78, 5) is 27.7. The Hall–Kier alpha value is -5.24. The van der Waals surface area contributed by atoms with E-state index in [-0.39, 0.29) is 25.7 Å². The highest BCUT2D eigenvalue weighted by atomic mass is 16.6. The molecule has 6 rings (SSSR count). The van der Waals surface area contributed by atoms with Crippen LogP contribution in [-0.2, 0) is 24.5 Å². The number of rotatable bonds is 15. The van der Waals surface area contributed by atoms with Crippen molar-refractivity contribution in [1.82, 2.24) is 15.5 Å². The maximum Gasteiger partial charge on any atom is 0.325 e. The lowest BCUT2D eigenvalue weighted by atomic mass is 9.80. The SMILES string of the molecule is COCCOC1[C@@H](COC(c2ccccc2)(c2ccc(OC)cc2)c2ccc(OC)cc2)O[C@@H](N2C=C(C)C(NC(=O)c3ccccc3)NC2=O)[C@H]1O. The van der Waals surface area contributed by atoms with Crippen molar-refractivity contribution in [3.63, 3.8) is 0 Å². The molecule has 1 saturated heterocycles. The highest BCUT2D eigenvalue weighted by Gasteiger charge is 2.50. The summed E-state index contributed by atoms with van der Waals surface area (Å²) in [6.07, 6.45) is -3.32.